The molecule has 0 atom stereocenters. The number of fused-ring (bicyclic) bond motifs is 1. The number of aromatic nitrogens is 3. The van der Waals surface area contributed by atoms with E-state index in [2.05, 4.69) is 65.0 Å². The summed E-state index contributed by atoms with van der Waals surface area (Å²) in [5, 5.41) is 9.52. The zero-order valence-electron chi connectivity index (χ0n) is 11.3. The molecule has 0 saturated heterocycles. The molecule has 0 spiro atoms. The van der Waals surface area contributed by atoms with Crippen LogP contribution < -0.4 is 5.43 Å². The summed E-state index contributed by atoms with van der Waals surface area (Å²) in [5.74, 6) is 0.912. The molecule has 5 heteroatoms. The highest BCUT2D eigenvalue weighted by Gasteiger charge is 2.04. The Kier molecular flexibility index (Phi) is 3.52. The van der Waals surface area contributed by atoms with Gasteiger partial charge in [0.05, 0.1) is 6.54 Å². The molecule has 0 fully saturated rings. The van der Waals surface area contributed by atoms with Gasteiger partial charge < -0.3 is 5.43 Å². The second-order valence-electron chi connectivity index (χ2n) is 4.61. The van der Waals surface area contributed by atoms with E-state index >= 15 is 0 Å². The summed E-state index contributed by atoms with van der Waals surface area (Å²) in [5.41, 5.74) is 4.58. The molecule has 0 aliphatic rings. The Morgan fingerprint density at radius 3 is 2.85 bits per heavy atom. The van der Waals surface area contributed by atoms with Gasteiger partial charge in [0, 0.05) is 6.42 Å². The molecule has 102 valence electrons. The standard InChI is InChI=1S/C15H16N4S/c1-2-14-17-18-15(20)19(14)16-10-12-8-5-7-11-6-3-4-9-13(11)12/h3-9,16H,2,10H2,1H3,(H,18,20). The van der Waals surface area contributed by atoms with Crippen molar-refractivity contribution in [1.82, 2.24) is 14.9 Å². The molecule has 20 heavy (non-hydrogen) atoms. The van der Waals surface area contributed by atoms with E-state index in [1.54, 1.807) is 0 Å². The van der Waals surface area contributed by atoms with Crippen LogP contribution in [0, 0.1) is 4.77 Å². The molecule has 2 N–H and O–H groups in total. The van der Waals surface area contributed by atoms with Crippen molar-refractivity contribution in [2.45, 2.75) is 19.9 Å². The minimum absolute atomic E-state index is 0.599. The fourth-order valence-corrected chi connectivity index (χ4v) is 2.56. The number of hydrogen-bond acceptors (Lipinski definition) is 3. The topological polar surface area (TPSA) is 45.6 Å². The molecule has 0 unspecified atom stereocenters. The molecule has 0 aliphatic carbocycles. The van der Waals surface area contributed by atoms with Crippen LogP contribution in [-0.2, 0) is 13.0 Å². The number of benzene rings is 2. The number of H-pyrrole nitrogens is 1. The summed E-state index contributed by atoms with van der Waals surface area (Å²) in [6, 6.07) is 14.7. The molecular formula is C15H16N4S. The summed E-state index contributed by atoms with van der Waals surface area (Å²) in [4.78, 5) is 0. The van der Waals surface area contributed by atoms with Crippen LogP contribution in [0.25, 0.3) is 10.8 Å². The monoisotopic (exact) mass is 284 g/mol. The van der Waals surface area contributed by atoms with Gasteiger partial charge in [-0.3, -0.25) is 5.10 Å². The lowest BCUT2D eigenvalue weighted by Crippen LogP contribution is -2.17. The largest absolute Gasteiger partial charge is 0.318 e. The van der Waals surface area contributed by atoms with Gasteiger partial charge in [-0.15, -0.1) is 0 Å². The van der Waals surface area contributed by atoms with E-state index in [1.807, 2.05) is 4.68 Å². The van der Waals surface area contributed by atoms with Crippen LogP contribution in [0.5, 0.6) is 0 Å². The number of rotatable bonds is 4. The summed E-state index contributed by atoms with van der Waals surface area (Å²) in [6.45, 7) is 2.77. The summed E-state index contributed by atoms with van der Waals surface area (Å²) in [7, 11) is 0. The molecule has 4 nitrogen and oxygen atoms in total. The number of aromatic amines is 1. The van der Waals surface area contributed by atoms with Crippen molar-refractivity contribution in [3.8, 4) is 0 Å². The average Bonchev–Trinajstić information content (AvgIpc) is 2.85. The SMILES string of the molecule is CCc1n[nH]c(=S)n1NCc1cccc2ccccc12. The average molecular weight is 284 g/mol. The van der Waals surface area contributed by atoms with E-state index in [1.165, 1.54) is 16.3 Å². The predicted octanol–water partition coefficient (Wildman–Crippen LogP) is 3.40. The minimum Gasteiger partial charge on any atom is -0.318 e. The fourth-order valence-electron chi connectivity index (χ4n) is 2.34. The Morgan fingerprint density at radius 1 is 1.20 bits per heavy atom. The normalized spacial score (nSPS) is 10.8. The first-order valence-electron chi connectivity index (χ1n) is 6.66. The minimum atomic E-state index is 0.599. The van der Waals surface area contributed by atoms with Gasteiger partial charge in [0.25, 0.3) is 0 Å². The Bertz CT molecular complexity index is 782. The van der Waals surface area contributed by atoms with E-state index in [0.29, 0.717) is 11.3 Å². The van der Waals surface area contributed by atoms with Crippen LogP contribution in [0.4, 0.5) is 0 Å². The van der Waals surface area contributed by atoms with Gasteiger partial charge in [-0.2, -0.15) is 5.10 Å². The third-order valence-electron chi connectivity index (χ3n) is 3.37. The Morgan fingerprint density at radius 2 is 2.00 bits per heavy atom. The van der Waals surface area contributed by atoms with E-state index in [-0.39, 0.29) is 0 Å². The molecule has 1 aromatic heterocycles. The van der Waals surface area contributed by atoms with Gasteiger partial charge in [0.2, 0.25) is 4.77 Å². The Balaban J connectivity index is 1.91. The van der Waals surface area contributed by atoms with Gasteiger partial charge in [0.1, 0.15) is 0 Å². The molecule has 0 bridgehead atoms. The molecule has 0 saturated carbocycles. The zero-order chi connectivity index (χ0) is 13.9. The van der Waals surface area contributed by atoms with Crippen LogP contribution >= 0.6 is 12.2 Å². The molecule has 1 heterocycles. The van der Waals surface area contributed by atoms with Crippen LogP contribution in [-0.4, -0.2) is 14.9 Å². The van der Waals surface area contributed by atoms with E-state index in [9.17, 15) is 0 Å². The van der Waals surface area contributed by atoms with Gasteiger partial charge in [-0.05, 0) is 28.6 Å². The Hall–Kier alpha value is -2.14. The zero-order valence-corrected chi connectivity index (χ0v) is 12.1. The second kappa shape index (κ2) is 5.46. The predicted molar refractivity (Wildman–Crippen MR) is 83.8 cm³/mol. The van der Waals surface area contributed by atoms with Gasteiger partial charge >= 0.3 is 0 Å². The van der Waals surface area contributed by atoms with Crippen molar-refractivity contribution in [3.05, 3.63) is 58.6 Å². The molecule has 2 aromatic carbocycles. The lowest BCUT2D eigenvalue weighted by Gasteiger charge is -2.11. The quantitative estimate of drug-likeness (QED) is 0.722. The van der Waals surface area contributed by atoms with E-state index in [0.717, 1.165) is 12.2 Å². The van der Waals surface area contributed by atoms with Crippen LogP contribution in [0.1, 0.15) is 18.3 Å². The summed E-state index contributed by atoms with van der Waals surface area (Å²) < 4.78 is 2.44. The van der Waals surface area contributed by atoms with Crippen molar-refractivity contribution in [3.63, 3.8) is 0 Å². The maximum Gasteiger partial charge on any atom is 0.214 e. The highest BCUT2D eigenvalue weighted by atomic mass is 32.1. The first-order valence-corrected chi connectivity index (χ1v) is 7.07. The maximum atomic E-state index is 5.23. The lowest BCUT2D eigenvalue weighted by atomic mass is 10.1. The van der Waals surface area contributed by atoms with Gasteiger partial charge in [-0.25, -0.2) is 4.68 Å². The smallest absolute Gasteiger partial charge is 0.214 e. The van der Waals surface area contributed by atoms with Crippen LogP contribution in [0.15, 0.2) is 42.5 Å². The van der Waals surface area contributed by atoms with Crippen molar-refractivity contribution in [2.75, 3.05) is 5.43 Å². The number of nitrogens with zero attached hydrogens (tertiary/aromatic N) is 2. The molecular weight excluding hydrogens is 268 g/mol. The lowest BCUT2D eigenvalue weighted by molar-refractivity contribution is 0.765. The molecule has 0 aliphatic heterocycles. The van der Waals surface area contributed by atoms with Crippen LogP contribution in [0.2, 0.25) is 0 Å². The molecule has 3 aromatic rings. The van der Waals surface area contributed by atoms with Gasteiger partial charge in [0.15, 0.2) is 5.82 Å². The number of hydrogen-bond donors (Lipinski definition) is 2. The fraction of sp³-hybridized carbons (Fsp3) is 0.200. The van der Waals surface area contributed by atoms with Crippen molar-refractivity contribution in [1.29, 1.82) is 0 Å². The number of aryl methyl sites for hydroxylation is 1. The van der Waals surface area contributed by atoms with Gasteiger partial charge in [-0.1, -0.05) is 49.4 Å². The summed E-state index contributed by atoms with van der Waals surface area (Å²) in [6.07, 6.45) is 0.829. The molecule has 0 radical (unpaired) electrons. The van der Waals surface area contributed by atoms with Crippen molar-refractivity contribution < 1.29 is 0 Å². The van der Waals surface area contributed by atoms with E-state index < -0.39 is 0 Å². The van der Waals surface area contributed by atoms with Crippen molar-refractivity contribution in [2.24, 2.45) is 0 Å². The van der Waals surface area contributed by atoms with Crippen molar-refractivity contribution >= 4 is 23.0 Å². The number of nitrogens with one attached hydrogen (secondary N) is 2. The third kappa shape index (κ3) is 2.32. The third-order valence-corrected chi connectivity index (χ3v) is 3.64. The second-order valence-corrected chi connectivity index (χ2v) is 4.99. The first-order chi connectivity index (χ1) is 9.79. The maximum absolute atomic E-state index is 5.23. The summed E-state index contributed by atoms with van der Waals surface area (Å²) >= 11 is 5.23. The Labute approximate surface area is 122 Å². The van der Waals surface area contributed by atoms with Crippen LogP contribution in [0.3, 0.4) is 0 Å². The molecule has 0 amide bonds. The first kappa shape index (κ1) is 12.9. The highest BCUT2D eigenvalue weighted by Crippen LogP contribution is 2.18. The highest BCUT2D eigenvalue weighted by molar-refractivity contribution is 7.71. The molecule has 3 rings (SSSR count). The van der Waals surface area contributed by atoms with E-state index in [4.69, 9.17) is 12.2 Å².